The van der Waals surface area contributed by atoms with Crippen LogP contribution in [0.4, 0.5) is 0 Å². The van der Waals surface area contributed by atoms with Gasteiger partial charge in [-0.2, -0.15) is 4.72 Å². The Morgan fingerprint density at radius 1 is 1.24 bits per heavy atom. The summed E-state index contributed by atoms with van der Waals surface area (Å²) < 4.78 is 38.0. The van der Waals surface area contributed by atoms with E-state index < -0.39 is 15.6 Å². The van der Waals surface area contributed by atoms with Gasteiger partial charge in [0.1, 0.15) is 16.4 Å². The maximum absolute atomic E-state index is 12.6. The molecular weight excluding hydrogens is 290 g/mol. The van der Waals surface area contributed by atoms with Crippen molar-refractivity contribution in [3.05, 3.63) is 18.2 Å². The molecule has 116 valence electrons. The fourth-order valence-corrected chi connectivity index (χ4v) is 3.56. The Hall–Kier alpha value is -1.71. The molecule has 1 aromatic rings. The van der Waals surface area contributed by atoms with Crippen LogP contribution in [0.25, 0.3) is 0 Å². The summed E-state index contributed by atoms with van der Waals surface area (Å²) in [6, 6.07) is 4.52. The number of sulfonamides is 1. The Morgan fingerprint density at radius 3 is 2.29 bits per heavy atom. The Morgan fingerprint density at radius 2 is 1.86 bits per heavy atom. The van der Waals surface area contributed by atoms with Gasteiger partial charge in [-0.3, -0.25) is 0 Å². The number of terminal acetylenes is 1. The van der Waals surface area contributed by atoms with Crippen molar-refractivity contribution in [2.24, 2.45) is 0 Å². The highest BCUT2D eigenvalue weighted by Gasteiger charge is 2.31. The van der Waals surface area contributed by atoms with Crippen molar-refractivity contribution < 1.29 is 17.9 Å². The van der Waals surface area contributed by atoms with Gasteiger partial charge in [-0.1, -0.05) is 19.8 Å². The van der Waals surface area contributed by atoms with Gasteiger partial charge in [0.2, 0.25) is 10.0 Å². The molecule has 1 rings (SSSR count). The summed E-state index contributed by atoms with van der Waals surface area (Å²) in [7, 11) is -0.892. The van der Waals surface area contributed by atoms with Crippen LogP contribution in [0, 0.1) is 12.3 Å². The second kappa shape index (κ2) is 6.83. The van der Waals surface area contributed by atoms with Crippen molar-refractivity contribution >= 4 is 10.0 Å². The highest BCUT2D eigenvalue weighted by Crippen LogP contribution is 2.29. The van der Waals surface area contributed by atoms with Crippen LogP contribution in [0.2, 0.25) is 0 Å². The summed E-state index contributed by atoms with van der Waals surface area (Å²) in [5.74, 6) is 3.27. The SMILES string of the molecule is C#CC(CC)(CC)NS(=O)(=O)c1ccc(OC)cc1OC. The molecule has 0 heterocycles. The average molecular weight is 311 g/mol. The molecule has 0 spiro atoms. The minimum Gasteiger partial charge on any atom is -0.497 e. The predicted octanol–water partition coefficient (Wildman–Crippen LogP) is 2.17. The highest BCUT2D eigenvalue weighted by molar-refractivity contribution is 7.89. The minimum absolute atomic E-state index is 0.0346. The zero-order valence-corrected chi connectivity index (χ0v) is 13.6. The van der Waals surface area contributed by atoms with E-state index >= 15 is 0 Å². The van der Waals surface area contributed by atoms with Gasteiger partial charge in [-0.05, 0) is 25.0 Å². The monoisotopic (exact) mass is 311 g/mol. The lowest BCUT2D eigenvalue weighted by Gasteiger charge is -2.27. The lowest BCUT2D eigenvalue weighted by atomic mass is 9.96. The molecule has 0 aliphatic heterocycles. The van der Waals surface area contributed by atoms with E-state index in [0.717, 1.165) is 0 Å². The fourth-order valence-electron chi connectivity index (χ4n) is 1.94. The number of rotatable bonds is 7. The lowest BCUT2D eigenvalue weighted by Crippen LogP contribution is -2.46. The van der Waals surface area contributed by atoms with Crippen LogP contribution in [0.5, 0.6) is 11.5 Å². The molecule has 21 heavy (non-hydrogen) atoms. The first-order valence-electron chi connectivity index (χ1n) is 6.61. The second-order valence-corrected chi connectivity index (χ2v) is 6.21. The van der Waals surface area contributed by atoms with Gasteiger partial charge in [0.05, 0.1) is 19.8 Å². The molecule has 5 nitrogen and oxygen atoms in total. The summed E-state index contributed by atoms with van der Waals surface area (Å²) in [6.07, 6.45) is 6.50. The molecule has 1 N–H and O–H groups in total. The molecule has 0 bridgehead atoms. The third kappa shape index (κ3) is 3.69. The fraction of sp³-hybridized carbons (Fsp3) is 0.467. The number of benzene rings is 1. The number of nitrogens with one attached hydrogen (secondary N) is 1. The molecule has 0 aliphatic rings. The highest BCUT2D eigenvalue weighted by atomic mass is 32.2. The Kier molecular flexibility index (Phi) is 5.64. The molecular formula is C15H21NO4S. The van der Waals surface area contributed by atoms with Crippen LogP contribution in [0.1, 0.15) is 26.7 Å². The maximum atomic E-state index is 12.6. The Labute approximate surface area is 126 Å². The third-order valence-electron chi connectivity index (χ3n) is 3.47. The normalized spacial score (nSPS) is 11.8. The standard InChI is InChI=1S/C15H21NO4S/c1-6-15(7-2,8-3)16-21(17,18)14-10-9-12(19-4)11-13(14)20-5/h1,9-11,16H,7-8H2,2-5H3. The molecule has 0 atom stereocenters. The molecule has 0 amide bonds. The predicted molar refractivity (Wildman–Crippen MR) is 82.0 cm³/mol. The molecule has 6 heteroatoms. The van der Waals surface area contributed by atoms with Crippen molar-refractivity contribution in [3.8, 4) is 23.8 Å². The molecule has 0 fully saturated rings. The first-order valence-corrected chi connectivity index (χ1v) is 8.10. The maximum Gasteiger partial charge on any atom is 0.245 e. The van der Waals surface area contributed by atoms with Crippen LogP contribution in [-0.4, -0.2) is 28.2 Å². The van der Waals surface area contributed by atoms with E-state index in [9.17, 15) is 8.42 Å². The van der Waals surface area contributed by atoms with Crippen LogP contribution >= 0.6 is 0 Å². The topological polar surface area (TPSA) is 64.6 Å². The molecule has 1 aromatic carbocycles. The van der Waals surface area contributed by atoms with E-state index in [1.165, 1.54) is 26.4 Å². The van der Waals surface area contributed by atoms with E-state index in [4.69, 9.17) is 15.9 Å². The minimum atomic E-state index is -3.80. The van der Waals surface area contributed by atoms with Gasteiger partial charge in [0, 0.05) is 6.07 Å². The zero-order valence-electron chi connectivity index (χ0n) is 12.8. The quantitative estimate of drug-likeness (QED) is 0.784. The molecule has 0 saturated carbocycles. The number of hydrogen-bond acceptors (Lipinski definition) is 4. The van der Waals surface area contributed by atoms with E-state index in [-0.39, 0.29) is 10.6 Å². The van der Waals surface area contributed by atoms with Gasteiger partial charge >= 0.3 is 0 Å². The van der Waals surface area contributed by atoms with E-state index in [1.54, 1.807) is 6.07 Å². The van der Waals surface area contributed by atoms with E-state index in [0.29, 0.717) is 18.6 Å². The summed E-state index contributed by atoms with van der Waals surface area (Å²) in [5, 5.41) is 0. The van der Waals surface area contributed by atoms with Crippen LogP contribution < -0.4 is 14.2 Å². The first-order chi connectivity index (χ1) is 9.87. The van der Waals surface area contributed by atoms with Gasteiger partial charge in [-0.15, -0.1) is 6.42 Å². The number of methoxy groups -OCH3 is 2. The zero-order chi connectivity index (χ0) is 16.1. The summed E-state index contributed by atoms with van der Waals surface area (Å²) in [6.45, 7) is 3.69. The molecule has 0 saturated heterocycles. The summed E-state index contributed by atoms with van der Waals surface area (Å²) in [4.78, 5) is 0.0346. The van der Waals surface area contributed by atoms with Crippen LogP contribution in [0.15, 0.2) is 23.1 Å². The Balaban J connectivity index is 3.29. The number of hydrogen-bond donors (Lipinski definition) is 1. The van der Waals surface area contributed by atoms with Gasteiger partial charge in [-0.25, -0.2) is 8.42 Å². The van der Waals surface area contributed by atoms with Gasteiger partial charge in [0.25, 0.3) is 0 Å². The van der Waals surface area contributed by atoms with Crippen LogP contribution in [-0.2, 0) is 10.0 Å². The van der Waals surface area contributed by atoms with Gasteiger partial charge in [0.15, 0.2) is 0 Å². The van der Waals surface area contributed by atoms with E-state index in [2.05, 4.69) is 10.6 Å². The Bertz CT molecular complexity index is 628. The molecule has 0 aromatic heterocycles. The summed E-state index contributed by atoms with van der Waals surface area (Å²) >= 11 is 0. The summed E-state index contributed by atoms with van der Waals surface area (Å²) in [5.41, 5.74) is -0.899. The smallest absolute Gasteiger partial charge is 0.245 e. The molecule has 0 radical (unpaired) electrons. The third-order valence-corrected chi connectivity index (χ3v) is 5.05. The lowest BCUT2D eigenvalue weighted by molar-refractivity contribution is 0.384. The van der Waals surface area contributed by atoms with Crippen molar-refractivity contribution in [2.45, 2.75) is 37.1 Å². The molecule has 0 aliphatic carbocycles. The van der Waals surface area contributed by atoms with Crippen molar-refractivity contribution in [3.63, 3.8) is 0 Å². The number of ether oxygens (including phenoxy) is 2. The second-order valence-electron chi connectivity index (χ2n) is 4.56. The van der Waals surface area contributed by atoms with Crippen LogP contribution in [0.3, 0.4) is 0 Å². The van der Waals surface area contributed by atoms with Gasteiger partial charge < -0.3 is 9.47 Å². The largest absolute Gasteiger partial charge is 0.497 e. The molecule has 0 unspecified atom stereocenters. The van der Waals surface area contributed by atoms with Crippen molar-refractivity contribution in [1.29, 1.82) is 0 Å². The average Bonchev–Trinajstić information content (AvgIpc) is 2.51. The first kappa shape index (κ1) is 17.3. The van der Waals surface area contributed by atoms with Crippen molar-refractivity contribution in [1.82, 2.24) is 4.72 Å². The van der Waals surface area contributed by atoms with Crippen molar-refractivity contribution in [2.75, 3.05) is 14.2 Å². The van der Waals surface area contributed by atoms with E-state index in [1.807, 2.05) is 13.8 Å².